The average Bonchev–Trinajstić information content (AvgIpc) is 2.74. The van der Waals surface area contributed by atoms with E-state index in [1.807, 2.05) is 6.92 Å². The van der Waals surface area contributed by atoms with E-state index in [-0.39, 0.29) is 29.0 Å². The van der Waals surface area contributed by atoms with Crippen LogP contribution in [0.2, 0.25) is 0 Å². The van der Waals surface area contributed by atoms with Crippen molar-refractivity contribution in [2.45, 2.75) is 25.5 Å². The van der Waals surface area contributed by atoms with Crippen molar-refractivity contribution in [3.05, 3.63) is 34.2 Å². The molecule has 0 aliphatic carbocycles. The Morgan fingerprint density at radius 3 is 2.94 bits per heavy atom. The quantitative estimate of drug-likeness (QED) is 0.819. The summed E-state index contributed by atoms with van der Waals surface area (Å²) in [4.78, 5) is 28.1. The van der Waals surface area contributed by atoms with E-state index < -0.39 is 0 Å². The van der Waals surface area contributed by atoms with Gasteiger partial charge in [-0.15, -0.1) is 0 Å². The molecule has 0 saturated carbocycles. The zero-order chi connectivity index (χ0) is 12.4. The van der Waals surface area contributed by atoms with E-state index in [1.165, 1.54) is 18.5 Å². The van der Waals surface area contributed by atoms with Crippen LogP contribution in [0.5, 0.6) is 0 Å². The highest BCUT2D eigenvalue weighted by atomic mass is 16.5. The summed E-state index contributed by atoms with van der Waals surface area (Å²) < 4.78 is 5.42. The third-order valence-corrected chi connectivity index (χ3v) is 3.21. The number of carbonyl (C=O) groups excluding carboxylic acids is 1. The van der Waals surface area contributed by atoms with Crippen LogP contribution in [0, 0.1) is 0 Å². The predicted molar refractivity (Wildman–Crippen MR) is 63.0 cm³/mol. The summed E-state index contributed by atoms with van der Waals surface area (Å²) in [6, 6.07) is 1.40. The molecule has 1 saturated heterocycles. The van der Waals surface area contributed by atoms with Crippen molar-refractivity contribution in [3.8, 4) is 0 Å². The second-order valence-corrected chi connectivity index (χ2v) is 4.27. The van der Waals surface area contributed by atoms with Gasteiger partial charge in [0.1, 0.15) is 5.56 Å². The van der Waals surface area contributed by atoms with E-state index in [0.29, 0.717) is 6.61 Å². The summed E-state index contributed by atoms with van der Waals surface area (Å²) in [5, 5.41) is 0. The fourth-order valence-corrected chi connectivity index (χ4v) is 2.15. The van der Waals surface area contributed by atoms with Crippen molar-refractivity contribution < 1.29 is 9.53 Å². The zero-order valence-electron chi connectivity index (χ0n) is 9.97. The van der Waals surface area contributed by atoms with Crippen LogP contribution < -0.4 is 5.43 Å². The fourth-order valence-electron chi connectivity index (χ4n) is 2.15. The van der Waals surface area contributed by atoms with E-state index >= 15 is 0 Å². The minimum Gasteiger partial charge on any atom is -0.376 e. The number of pyridine rings is 1. The van der Waals surface area contributed by atoms with Gasteiger partial charge in [0.15, 0.2) is 5.43 Å². The molecular weight excluding hydrogens is 220 g/mol. The predicted octanol–water partition coefficient (Wildman–Crippen LogP) is 0.624. The lowest BCUT2D eigenvalue weighted by Gasteiger charge is -2.26. The summed E-state index contributed by atoms with van der Waals surface area (Å²) in [5.41, 5.74) is -0.0822. The number of nitrogens with one attached hydrogen (secondary N) is 1. The molecule has 0 spiro atoms. The highest BCUT2D eigenvalue weighted by Crippen LogP contribution is 2.19. The van der Waals surface area contributed by atoms with Crippen LogP contribution in [0.4, 0.5) is 0 Å². The van der Waals surface area contributed by atoms with Gasteiger partial charge in [-0.3, -0.25) is 9.59 Å². The molecule has 1 amide bonds. The molecule has 0 radical (unpaired) electrons. The molecular formula is C12H16N2O3. The van der Waals surface area contributed by atoms with Gasteiger partial charge in [-0.1, -0.05) is 0 Å². The van der Waals surface area contributed by atoms with Crippen LogP contribution in [-0.4, -0.2) is 41.6 Å². The van der Waals surface area contributed by atoms with Crippen LogP contribution in [0.15, 0.2) is 23.3 Å². The van der Waals surface area contributed by atoms with Crippen LogP contribution in [-0.2, 0) is 4.74 Å². The molecule has 1 N–H and O–H groups in total. The van der Waals surface area contributed by atoms with Crippen molar-refractivity contribution in [1.29, 1.82) is 0 Å². The molecule has 5 heteroatoms. The number of aromatic amines is 1. The number of carbonyl (C=O) groups is 1. The number of H-pyrrole nitrogens is 1. The van der Waals surface area contributed by atoms with Gasteiger partial charge in [-0.2, -0.15) is 0 Å². The Hall–Kier alpha value is -1.62. The highest BCUT2D eigenvalue weighted by Gasteiger charge is 2.31. The van der Waals surface area contributed by atoms with Crippen molar-refractivity contribution in [2.75, 3.05) is 13.7 Å². The smallest absolute Gasteiger partial charge is 0.259 e. The molecule has 2 unspecified atom stereocenters. The number of ether oxygens (including phenoxy) is 1. The summed E-state index contributed by atoms with van der Waals surface area (Å²) in [6.45, 7) is 2.60. The number of likely N-dealkylation sites (N-methyl/N-ethyl adjacent to an activating group) is 1. The number of amides is 1. The third kappa shape index (κ3) is 2.24. The topological polar surface area (TPSA) is 62.4 Å². The molecule has 1 aliphatic heterocycles. The minimum atomic E-state index is -0.257. The molecule has 5 nitrogen and oxygen atoms in total. The maximum atomic E-state index is 12.1. The Morgan fingerprint density at radius 2 is 2.35 bits per heavy atom. The SMILES string of the molecule is CC1OCCC1N(C)C(=O)c1c[nH]ccc1=O. The van der Waals surface area contributed by atoms with Gasteiger partial charge in [0.05, 0.1) is 12.1 Å². The van der Waals surface area contributed by atoms with Crippen molar-refractivity contribution in [3.63, 3.8) is 0 Å². The van der Waals surface area contributed by atoms with Gasteiger partial charge in [0, 0.05) is 32.1 Å². The minimum absolute atomic E-state index is 0.0201. The molecule has 0 bridgehead atoms. The molecule has 1 aliphatic rings. The molecule has 17 heavy (non-hydrogen) atoms. The molecule has 1 fully saturated rings. The molecule has 1 aromatic heterocycles. The van der Waals surface area contributed by atoms with Crippen LogP contribution in [0.3, 0.4) is 0 Å². The summed E-state index contributed by atoms with van der Waals surface area (Å²) in [7, 11) is 1.71. The van der Waals surface area contributed by atoms with Gasteiger partial charge in [-0.25, -0.2) is 0 Å². The molecule has 2 atom stereocenters. The maximum Gasteiger partial charge on any atom is 0.259 e. The zero-order valence-corrected chi connectivity index (χ0v) is 9.97. The lowest BCUT2D eigenvalue weighted by Crippen LogP contribution is -2.42. The fraction of sp³-hybridized carbons (Fsp3) is 0.500. The van der Waals surface area contributed by atoms with E-state index in [0.717, 1.165) is 6.42 Å². The summed E-state index contributed by atoms with van der Waals surface area (Å²) >= 11 is 0. The first kappa shape index (κ1) is 11.9. The Kier molecular flexibility index (Phi) is 3.28. The highest BCUT2D eigenvalue weighted by molar-refractivity contribution is 5.93. The first-order valence-electron chi connectivity index (χ1n) is 5.67. The van der Waals surface area contributed by atoms with Crippen LogP contribution in [0.25, 0.3) is 0 Å². The third-order valence-electron chi connectivity index (χ3n) is 3.21. The van der Waals surface area contributed by atoms with E-state index in [1.54, 1.807) is 11.9 Å². The number of hydrogen-bond acceptors (Lipinski definition) is 3. The second kappa shape index (κ2) is 4.71. The van der Waals surface area contributed by atoms with Crippen molar-refractivity contribution in [2.24, 2.45) is 0 Å². The Balaban J connectivity index is 2.20. The van der Waals surface area contributed by atoms with E-state index in [9.17, 15) is 9.59 Å². The molecule has 1 aromatic rings. The number of aromatic nitrogens is 1. The maximum absolute atomic E-state index is 12.1. The lowest BCUT2D eigenvalue weighted by atomic mass is 10.1. The molecule has 0 aromatic carbocycles. The van der Waals surface area contributed by atoms with Crippen molar-refractivity contribution >= 4 is 5.91 Å². The van der Waals surface area contributed by atoms with Gasteiger partial charge >= 0.3 is 0 Å². The Labute approximate surface area is 99.4 Å². The molecule has 2 heterocycles. The number of nitrogens with zero attached hydrogens (tertiary/aromatic N) is 1. The van der Waals surface area contributed by atoms with Crippen molar-refractivity contribution in [1.82, 2.24) is 9.88 Å². The average molecular weight is 236 g/mol. The molecule has 2 rings (SSSR count). The van der Waals surface area contributed by atoms with Gasteiger partial charge in [-0.05, 0) is 13.3 Å². The van der Waals surface area contributed by atoms with Crippen LogP contribution in [0.1, 0.15) is 23.7 Å². The Bertz CT molecular complexity index is 469. The monoisotopic (exact) mass is 236 g/mol. The summed E-state index contributed by atoms with van der Waals surface area (Å²) in [5.74, 6) is -0.255. The van der Waals surface area contributed by atoms with E-state index in [2.05, 4.69) is 4.98 Å². The van der Waals surface area contributed by atoms with E-state index in [4.69, 9.17) is 4.74 Å². The summed E-state index contributed by atoms with van der Waals surface area (Å²) in [6.07, 6.45) is 3.79. The first-order chi connectivity index (χ1) is 8.11. The van der Waals surface area contributed by atoms with Gasteiger partial charge in [0.25, 0.3) is 5.91 Å². The lowest BCUT2D eigenvalue weighted by molar-refractivity contribution is 0.0573. The standard InChI is InChI=1S/C12H16N2O3/c1-8-10(4-6-17-8)14(2)12(16)9-7-13-5-3-11(9)15/h3,5,7-8,10H,4,6H2,1-2H3,(H,13,15). The van der Waals surface area contributed by atoms with Gasteiger partial charge < -0.3 is 14.6 Å². The largest absolute Gasteiger partial charge is 0.376 e. The Morgan fingerprint density at radius 1 is 1.59 bits per heavy atom. The second-order valence-electron chi connectivity index (χ2n) is 4.27. The normalized spacial score (nSPS) is 23.6. The number of hydrogen-bond donors (Lipinski definition) is 1. The van der Waals surface area contributed by atoms with Crippen LogP contribution >= 0.6 is 0 Å². The first-order valence-corrected chi connectivity index (χ1v) is 5.67. The molecule has 92 valence electrons. The van der Waals surface area contributed by atoms with Gasteiger partial charge in [0.2, 0.25) is 0 Å². The number of rotatable bonds is 2.